The molecule has 2 aromatic rings. The van der Waals surface area contributed by atoms with Gasteiger partial charge < -0.3 is 20.2 Å². The van der Waals surface area contributed by atoms with Crippen molar-refractivity contribution < 1.29 is 14.3 Å². The van der Waals surface area contributed by atoms with Gasteiger partial charge in [0.25, 0.3) is 0 Å². The summed E-state index contributed by atoms with van der Waals surface area (Å²) in [5.41, 5.74) is 3.21. The van der Waals surface area contributed by atoms with Gasteiger partial charge in [0.05, 0.1) is 18.3 Å². The summed E-state index contributed by atoms with van der Waals surface area (Å²) in [5, 5.41) is 15.0. The maximum atomic E-state index is 12.2. The largest absolute Gasteiger partial charge is 0.444 e. The van der Waals surface area contributed by atoms with Crippen LogP contribution in [0.2, 0.25) is 0 Å². The van der Waals surface area contributed by atoms with Crippen LogP contribution in [-0.2, 0) is 0 Å². The monoisotopic (exact) mass is 331 g/mol. The first-order chi connectivity index (χ1) is 11.4. The number of carbonyl (C=O) groups excluding carboxylic acids is 1. The fraction of sp³-hybridized carbons (Fsp3) is 0.444. The molecule has 130 valence electrons. The second-order valence-corrected chi connectivity index (χ2v) is 6.43. The van der Waals surface area contributed by atoms with E-state index >= 15 is 0 Å². The Balaban J connectivity index is 2.09. The standard InChI is InChI=1S/C18H25N3O3/c1-11(2)7-15(9-22)20-18(23)21-16-8-14(6-5-12(16)3)17-19-13(4)10-24-17/h5-6,8,10-11,15,22H,7,9H2,1-4H3,(H2,20,21,23). The molecule has 0 aliphatic carbocycles. The van der Waals surface area contributed by atoms with Gasteiger partial charge in [0.1, 0.15) is 6.26 Å². The van der Waals surface area contributed by atoms with E-state index in [1.807, 2.05) is 45.9 Å². The average Bonchev–Trinajstić information content (AvgIpc) is 2.94. The number of oxazole rings is 1. The molecule has 2 rings (SSSR count). The smallest absolute Gasteiger partial charge is 0.319 e. The van der Waals surface area contributed by atoms with Crippen molar-refractivity contribution in [2.45, 2.75) is 40.2 Å². The molecule has 0 radical (unpaired) electrons. The summed E-state index contributed by atoms with van der Waals surface area (Å²) in [5.74, 6) is 0.907. The van der Waals surface area contributed by atoms with E-state index in [0.717, 1.165) is 23.2 Å². The lowest BCUT2D eigenvalue weighted by molar-refractivity contribution is 0.214. The average molecular weight is 331 g/mol. The van der Waals surface area contributed by atoms with Gasteiger partial charge in [0, 0.05) is 11.3 Å². The highest BCUT2D eigenvalue weighted by Crippen LogP contribution is 2.25. The highest BCUT2D eigenvalue weighted by atomic mass is 16.3. The number of aromatic nitrogens is 1. The molecule has 0 saturated carbocycles. The Morgan fingerprint density at radius 3 is 2.67 bits per heavy atom. The maximum Gasteiger partial charge on any atom is 0.319 e. The second-order valence-electron chi connectivity index (χ2n) is 6.43. The first kappa shape index (κ1) is 18.0. The van der Waals surface area contributed by atoms with E-state index in [9.17, 15) is 9.90 Å². The molecule has 1 atom stereocenters. The second kappa shape index (κ2) is 7.97. The van der Waals surface area contributed by atoms with Crippen molar-refractivity contribution in [1.29, 1.82) is 0 Å². The van der Waals surface area contributed by atoms with Crippen LogP contribution in [0.15, 0.2) is 28.9 Å². The number of carbonyl (C=O) groups is 1. The summed E-state index contributed by atoms with van der Waals surface area (Å²) in [4.78, 5) is 16.5. The number of anilines is 1. The van der Waals surface area contributed by atoms with Crippen molar-refractivity contribution in [3.63, 3.8) is 0 Å². The maximum absolute atomic E-state index is 12.2. The van der Waals surface area contributed by atoms with Crippen LogP contribution in [0, 0.1) is 19.8 Å². The quantitative estimate of drug-likeness (QED) is 0.756. The van der Waals surface area contributed by atoms with Gasteiger partial charge in [0.15, 0.2) is 0 Å². The van der Waals surface area contributed by atoms with Gasteiger partial charge in [-0.15, -0.1) is 0 Å². The topological polar surface area (TPSA) is 87.4 Å². The summed E-state index contributed by atoms with van der Waals surface area (Å²) in [6.07, 6.45) is 2.31. The number of amides is 2. The molecule has 1 aromatic carbocycles. The molecule has 6 nitrogen and oxygen atoms in total. The van der Waals surface area contributed by atoms with Crippen LogP contribution >= 0.6 is 0 Å². The number of aryl methyl sites for hydroxylation is 2. The third-order valence-electron chi connectivity index (χ3n) is 3.66. The Morgan fingerprint density at radius 2 is 2.08 bits per heavy atom. The van der Waals surface area contributed by atoms with E-state index in [1.165, 1.54) is 0 Å². The van der Waals surface area contributed by atoms with Crippen LogP contribution in [0.4, 0.5) is 10.5 Å². The molecule has 0 aliphatic heterocycles. The van der Waals surface area contributed by atoms with E-state index < -0.39 is 0 Å². The Bertz CT molecular complexity index is 695. The minimum absolute atomic E-state index is 0.0831. The van der Waals surface area contributed by atoms with E-state index in [2.05, 4.69) is 15.6 Å². The highest BCUT2D eigenvalue weighted by molar-refractivity contribution is 5.91. The highest BCUT2D eigenvalue weighted by Gasteiger charge is 2.14. The van der Waals surface area contributed by atoms with Gasteiger partial charge in [-0.3, -0.25) is 0 Å². The zero-order chi connectivity index (χ0) is 17.7. The van der Waals surface area contributed by atoms with E-state index in [0.29, 0.717) is 17.5 Å². The zero-order valence-corrected chi connectivity index (χ0v) is 14.6. The van der Waals surface area contributed by atoms with Crippen molar-refractivity contribution in [3.8, 4) is 11.5 Å². The molecule has 1 aromatic heterocycles. The van der Waals surface area contributed by atoms with E-state index in [-0.39, 0.29) is 18.7 Å². The summed E-state index contributed by atoms with van der Waals surface area (Å²) in [7, 11) is 0. The van der Waals surface area contributed by atoms with Crippen LogP contribution < -0.4 is 10.6 Å². The summed E-state index contributed by atoms with van der Waals surface area (Å²) >= 11 is 0. The Kier molecular flexibility index (Phi) is 5.98. The number of aliphatic hydroxyl groups excluding tert-OH is 1. The zero-order valence-electron chi connectivity index (χ0n) is 14.6. The lowest BCUT2D eigenvalue weighted by Crippen LogP contribution is -2.41. The molecule has 0 spiro atoms. The molecule has 3 N–H and O–H groups in total. The van der Waals surface area contributed by atoms with Gasteiger partial charge >= 0.3 is 6.03 Å². The molecule has 2 amide bonds. The van der Waals surface area contributed by atoms with Crippen LogP contribution in [0.1, 0.15) is 31.5 Å². The Hall–Kier alpha value is -2.34. The van der Waals surface area contributed by atoms with Crippen molar-refractivity contribution in [1.82, 2.24) is 10.3 Å². The third kappa shape index (κ3) is 4.83. The number of rotatable bonds is 6. The van der Waals surface area contributed by atoms with Crippen molar-refractivity contribution in [2.24, 2.45) is 5.92 Å². The van der Waals surface area contributed by atoms with Crippen LogP contribution in [0.5, 0.6) is 0 Å². The number of hydrogen-bond acceptors (Lipinski definition) is 4. The fourth-order valence-electron chi connectivity index (χ4n) is 2.47. The number of nitrogens with zero attached hydrogens (tertiary/aromatic N) is 1. The predicted octanol–water partition coefficient (Wildman–Crippen LogP) is 3.49. The number of nitrogens with one attached hydrogen (secondary N) is 2. The minimum atomic E-state index is -0.335. The van der Waals surface area contributed by atoms with Crippen molar-refractivity contribution in [3.05, 3.63) is 35.7 Å². The molecular weight excluding hydrogens is 306 g/mol. The molecule has 1 heterocycles. The van der Waals surface area contributed by atoms with Gasteiger partial charge in [0.2, 0.25) is 5.89 Å². The summed E-state index contributed by atoms with van der Waals surface area (Å²) < 4.78 is 5.40. The molecular formula is C18H25N3O3. The SMILES string of the molecule is Cc1coc(-c2ccc(C)c(NC(=O)NC(CO)CC(C)C)c2)n1. The number of aliphatic hydroxyl groups is 1. The van der Waals surface area contributed by atoms with E-state index in [4.69, 9.17) is 4.42 Å². The molecule has 0 aliphatic rings. The first-order valence-corrected chi connectivity index (χ1v) is 8.10. The summed E-state index contributed by atoms with van der Waals surface area (Å²) in [6.45, 7) is 7.79. The van der Waals surface area contributed by atoms with Crippen molar-refractivity contribution >= 4 is 11.7 Å². The lowest BCUT2D eigenvalue weighted by atomic mass is 10.0. The minimum Gasteiger partial charge on any atom is -0.444 e. The van der Waals surface area contributed by atoms with E-state index in [1.54, 1.807) is 6.26 Å². The van der Waals surface area contributed by atoms with Crippen molar-refractivity contribution in [2.75, 3.05) is 11.9 Å². The van der Waals surface area contributed by atoms with Crippen LogP contribution in [-0.4, -0.2) is 28.8 Å². The molecule has 0 fully saturated rings. The molecule has 24 heavy (non-hydrogen) atoms. The summed E-state index contributed by atoms with van der Waals surface area (Å²) in [6, 6.07) is 5.04. The lowest BCUT2D eigenvalue weighted by Gasteiger charge is -2.19. The molecule has 0 saturated heterocycles. The first-order valence-electron chi connectivity index (χ1n) is 8.10. The number of urea groups is 1. The molecule has 1 unspecified atom stereocenters. The third-order valence-corrected chi connectivity index (χ3v) is 3.66. The molecule has 0 bridgehead atoms. The predicted molar refractivity (Wildman–Crippen MR) is 93.9 cm³/mol. The van der Waals surface area contributed by atoms with Gasteiger partial charge in [-0.05, 0) is 43.9 Å². The fourth-order valence-corrected chi connectivity index (χ4v) is 2.47. The normalized spacial score (nSPS) is 12.2. The number of hydrogen-bond donors (Lipinski definition) is 3. The molecule has 6 heteroatoms. The Morgan fingerprint density at radius 1 is 1.33 bits per heavy atom. The van der Waals surface area contributed by atoms with Gasteiger partial charge in [-0.25, -0.2) is 9.78 Å². The Labute approximate surface area is 142 Å². The van der Waals surface area contributed by atoms with Gasteiger partial charge in [-0.2, -0.15) is 0 Å². The van der Waals surface area contributed by atoms with Crippen LogP contribution in [0.3, 0.4) is 0 Å². The van der Waals surface area contributed by atoms with Crippen LogP contribution in [0.25, 0.3) is 11.5 Å². The number of benzene rings is 1. The van der Waals surface area contributed by atoms with Gasteiger partial charge in [-0.1, -0.05) is 19.9 Å².